The zero-order valence-electron chi connectivity index (χ0n) is 14.8. The zero-order valence-corrected chi connectivity index (χ0v) is 15.6. The maximum absolute atomic E-state index is 13.0. The molecule has 1 aromatic carbocycles. The normalized spacial score (nSPS) is 14.8. The van der Waals surface area contributed by atoms with E-state index in [1.165, 1.54) is 9.56 Å². The highest BCUT2D eigenvalue weighted by molar-refractivity contribution is 7.18. The van der Waals surface area contributed by atoms with Gasteiger partial charge in [0.25, 0.3) is 5.56 Å². The van der Waals surface area contributed by atoms with Gasteiger partial charge in [0.05, 0.1) is 5.39 Å². The molecule has 3 aromatic rings. The van der Waals surface area contributed by atoms with Crippen LogP contribution in [0.4, 0.5) is 5.69 Å². The van der Waals surface area contributed by atoms with Crippen molar-refractivity contribution in [2.45, 2.75) is 45.6 Å². The van der Waals surface area contributed by atoms with E-state index in [9.17, 15) is 9.59 Å². The largest absolute Gasteiger partial charge is 0.324 e. The monoisotopic (exact) mass is 368 g/mol. The summed E-state index contributed by atoms with van der Waals surface area (Å²) in [6.45, 7) is 3.60. The van der Waals surface area contributed by atoms with Crippen molar-refractivity contribution in [1.29, 1.82) is 0 Å². The molecule has 0 aliphatic heterocycles. The average molecular weight is 368 g/mol. The molecule has 1 atom stereocenters. The van der Waals surface area contributed by atoms with Crippen molar-refractivity contribution in [3.05, 3.63) is 50.6 Å². The second kappa shape index (κ2) is 6.64. The fourth-order valence-electron chi connectivity index (χ4n) is 3.40. The van der Waals surface area contributed by atoms with Crippen LogP contribution in [-0.4, -0.2) is 20.9 Å². The molecule has 0 bridgehead atoms. The van der Waals surface area contributed by atoms with Gasteiger partial charge in [0.15, 0.2) is 4.83 Å². The van der Waals surface area contributed by atoms with Crippen LogP contribution in [0.25, 0.3) is 10.2 Å². The highest BCUT2D eigenvalue weighted by Gasteiger charge is 2.24. The number of aromatic nitrogens is 3. The number of para-hydroxylation sites is 1. The van der Waals surface area contributed by atoms with Crippen LogP contribution in [-0.2, 0) is 17.6 Å². The molecule has 1 aliphatic rings. The van der Waals surface area contributed by atoms with Gasteiger partial charge >= 0.3 is 0 Å². The Bertz CT molecular complexity index is 1050. The molecule has 7 heteroatoms. The van der Waals surface area contributed by atoms with Gasteiger partial charge in [0.1, 0.15) is 6.04 Å². The first kappa shape index (κ1) is 16.9. The van der Waals surface area contributed by atoms with E-state index in [-0.39, 0.29) is 11.5 Å². The second-order valence-electron chi connectivity index (χ2n) is 6.71. The lowest BCUT2D eigenvalue weighted by Gasteiger charge is -2.15. The topological polar surface area (TPSA) is 76.9 Å². The Kier molecular flexibility index (Phi) is 4.32. The van der Waals surface area contributed by atoms with Gasteiger partial charge in [-0.1, -0.05) is 23.4 Å². The Hall–Kier alpha value is -2.54. The van der Waals surface area contributed by atoms with Crippen LogP contribution >= 0.6 is 11.3 Å². The molecule has 2 aromatic heterocycles. The van der Waals surface area contributed by atoms with E-state index in [1.54, 1.807) is 18.3 Å². The van der Waals surface area contributed by atoms with Gasteiger partial charge in [-0.25, -0.2) is 0 Å². The van der Waals surface area contributed by atoms with Gasteiger partial charge in [0.2, 0.25) is 5.91 Å². The Labute approximate surface area is 154 Å². The quantitative estimate of drug-likeness (QED) is 0.770. The van der Waals surface area contributed by atoms with Gasteiger partial charge in [-0.05, 0) is 56.7 Å². The molecule has 0 saturated carbocycles. The van der Waals surface area contributed by atoms with Crippen molar-refractivity contribution in [2.75, 3.05) is 5.32 Å². The summed E-state index contributed by atoms with van der Waals surface area (Å²) in [5, 5.41) is 11.8. The van der Waals surface area contributed by atoms with Gasteiger partial charge in [-0.2, -0.15) is 4.68 Å². The van der Waals surface area contributed by atoms with E-state index in [0.717, 1.165) is 42.5 Å². The lowest BCUT2D eigenvalue weighted by molar-refractivity contribution is -0.119. The maximum Gasteiger partial charge on any atom is 0.279 e. The number of amides is 1. The lowest BCUT2D eigenvalue weighted by atomic mass is 9.97. The number of nitrogens with zero attached hydrogens (tertiary/aromatic N) is 3. The standard InChI is InChI=1S/C19H20N4O2S/c1-11-7-3-5-9-14(11)20-17(24)12(2)23-19(25)16-13-8-4-6-10-15(13)26-18(16)21-22-23/h3,5,7,9,12H,4,6,8,10H2,1-2H3,(H,20,24). The molecule has 0 fully saturated rings. The summed E-state index contributed by atoms with van der Waals surface area (Å²) in [6, 6.07) is 6.81. The van der Waals surface area contributed by atoms with E-state index < -0.39 is 6.04 Å². The highest BCUT2D eigenvalue weighted by atomic mass is 32.1. The number of hydrogen-bond acceptors (Lipinski definition) is 5. The van der Waals surface area contributed by atoms with E-state index in [1.807, 2.05) is 31.2 Å². The summed E-state index contributed by atoms with van der Waals surface area (Å²) in [5.74, 6) is -0.279. The maximum atomic E-state index is 13.0. The summed E-state index contributed by atoms with van der Waals surface area (Å²) in [5.41, 5.74) is 2.59. The molecule has 1 amide bonds. The fraction of sp³-hybridized carbons (Fsp3) is 0.368. The van der Waals surface area contributed by atoms with E-state index >= 15 is 0 Å². The number of anilines is 1. The first-order valence-electron chi connectivity index (χ1n) is 8.82. The number of carbonyl (C=O) groups is 1. The lowest BCUT2D eigenvalue weighted by Crippen LogP contribution is -2.34. The summed E-state index contributed by atoms with van der Waals surface area (Å²) in [4.78, 5) is 27.6. The Morgan fingerprint density at radius 2 is 2.04 bits per heavy atom. The fourth-order valence-corrected chi connectivity index (χ4v) is 4.60. The Morgan fingerprint density at radius 1 is 1.27 bits per heavy atom. The Morgan fingerprint density at radius 3 is 2.85 bits per heavy atom. The first-order valence-corrected chi connectivity index (χ1v) is 9.64. The van der Waals surface area contributed by atoms with Crippen LogP contribution in [0, 0.1) is 6.92 Å². The van der Waals surface area contributed by atoms with Crippen LogP contribution in [0.1, 0.15) is 41.8 Å². The number of aryl methyl sites for hydroxylation is 3. The minimum atomic E-state index is -0.738. The smallest absolute Gasteiger partial charge is 0.279 e. The van der Waals surface area contributed by atoms with E-state index in [0.29, 0.717) is 10.2 Å². The van der Waals surface area contributed by atoms with Crippen LogP contribution in [0.3, 0.4) is 0 Å². The first-order chi connectivity index (χ1) is 12.6. The molecule has 134 valence electrons. The molecule has 2 heterocycles. The zero-order chi connectivity index (χ0) is 18.3. The van der Waals surface area contributed by atoms with Gasteiger partial charge < -0.3 is 5.32 Å². The number of benzene rings is 1. The van der Waals surface area contributed by atoms with Gasteiger partial charge in [-0.15, -0.1) is 16.4 Å². The average Bonchev–Trinajstić information content (AvgIpc) is 3.02. The molecule has 1 N–H and O–H groups in total. The molecule has 0 spiro atoms. The van der Waals surface area contributed by atoms with Crippen LogP contribution < -0.4 is 10.9 Å². The summed E-state index contributed by atoms with van der Waals surface area (Å²) in [6.07, 6.45) is 4.14. The molecule has 26 heavy (non-hydrogen) atoms. The van der Waals surface area contributed by atoms with Crippen LogP contribution in [0.15, 0.2) is 29.1 Å². The van der Waals surface area contributed by atoms with Crippen LogP contribution in [0.5, 0.6) is 0 Å². The van der Waals surface area contributed by atoms with Crippen LogP contribution in [0.2, 0.25) is 0 Å². The number of nitrogens with one attached hydrogen (secondary N) is 1. The van der Waals surface area contributed by atoms with Crippen molar-refractivity contribution in [3.63, 3.8) is 0 Å². The molecule has 0 saturated heterocycles. The molecule has 4 rings (SSSR count). The molecule has 1 unspecified atom stereocenters. The number of thiophene rings is 1. The molecule has 1 aliphatic carbocycles. The van der Waals surface area contributed by atoms with E-state index in [2.05, 4.69) is 15.6 Å². The third-order valence-corrected chi connectivity index (χ3v) is 6.13. The molecular formula is C19H20N4O2S. The third kappa shape index (κ3) is 2.82. The van der Waals surface area contributed by atoms with Crippen molar-refractivity contribution in [1.82, 2.24) is 15.0 Å². The predicted molar refractivity (Wildman–Crippen MR) is 103 cm³/mol. The van der Waals surface area contributed by atoms with Crippen molar-refractivity contribution >= 4 is 33.1 Å². The number of carbonyl (C=O) groups excluding carboxylic acids is 1. The number of hydrogen-bond donors (Lipinski definition) is 1. The Balaban J connectivity index is 1.70. The summed E-state index contributed by atoms with van der Waals surface area (Å²) in [7, 11) is 0. The van der Waals surface area contributed by atoms with Gasteiger partial charge in [-0.3, -0.25) is 9.59 Å². The minimum Gasteiger partial charge on any atom is -0.324 e. The minimum absolute atomic E-state index is 0.221. The van der Waals surface area contributed by atoms with Crippen molar-refractivity contribution in [2.24, 2.45) is 0 Å². The van der Waals surface area contributed by atoms with Crippen molar-refractivity contribution < 1.29 is 4.79 Å². The van der Waals surface area contributed by atoms with E-state index in [4.69, 9.17) is 0 Å². The van der Waals surface area contributed by atoms with Crippen molar-refractivity contribution in [3.8, 4) is 0 Å². The molecule has 6 nitrogen and oxygen atoms in total. The summed E-state index contributed by atoms with van der Waals surface area (Å²) < 4.78 is 1.21. The number of rotatable bonds is 3. The third-order valence-electron chi connectivity index (χ3n) is 4.96. The summed E-state index contributed by atoms with van der Waals surface area (Å²) >= 11 is 1.56. The molecule has 0 radical (unpaired) electrons. The van der Waals surface area contributed by atoms with Gasteiger partial charge in [0, 0.05) is 10.6 Å². The predicted octanol–water partition coefficient (Wildman–Crippen LogP) is 3.24. The second-order valence-corrected chi connectivity index (χ2v) is 7.79. The SMILES string of the molecule is Cc1ccccc1NC(=O)C(C)n1nnc2sc3c(c2c1=O)CCCC3. The highest BCUT2D eigenvalue weighted by Crippen LogP contribution is 2.33. The number of fused-ring (bicyclic) bond motifs is 3. The molecular weight excluding hydrogens is 348 g/mol.